The Labute approximate surface area is 107 Å². The highest BCUT2D eigenvalue weighted by atomic mass is 16.5. The van der Waals surface area contributed by atoms with Crippen molar-refractivity contribution in [3.8, 4) is 11.8 Å². The highest BCUT2D eigenvalue weighted by Gasteiger charge is 2.35. The van der Waals surface area contributed by atoms with Crippen LogP contribution in [0.2, 0.25) is 0 Å². The van der Waals surface area contributed by atoms with Crippen LogP contribution in [-0.4, -0.2) is 19.6 Å². The van der Waals surface area contributed by atoms with Crippen LogP contribution in [0.25, 0.3) is 0 Å². The van der Waals surface area contributed by atoms with Crippen LogP contribution in [0.3, 0.4) is 0 Å². The fourth-order valence-electron chi connectivity index (χ4n) is 2.10. The summed E-state index contributed by atoms with van der Waals surface area (Å²) in [7, 11) is 1.62. The lowest BCUT2D eigenvalue weighted by Gasteiger charge is -2.24. The molecule has 0 aliphatic carbocycles. The average Bonchev–Trinajstić information content (AvgIpc) is 2.80. The Morgan fingerprint density at radius 3 is 2.83 bits per heavy atom. The Kier molecular flexibility index (Phi) is 3.00. The van der Waals surface area contributed by atoms with Crippen molar-refractivity contribution >= 4 is 11.6 Å². The van der Waals surface area contributed by atoms with E-state index >= 15 is 0 Å². The van der Waals surface area contributed by atoms with Gasteiger partial charge in [0.25, 0.3) is 0 Å². The van der Waals surface area contributed by atoms with E-state index in [0.29, 0.717) is 6.54 Å². The van der Waals surface area contributed by atoms with Gasteiger partial charge in [-0.2, -0.15) is 5.26 Å². The van der Waals surface area contributed by atoms with Gasteiger partial charge < -0.3 is 9.64 Å². The summed E-state index contributed by atoms with van der Waals surface area (Å²) in [6, 6.07) is 7.72. The number of hydrogen-bond donors (Lipinski definition) is 0. The van der Waals surface area contributed by atoms with E-state index in [4.69, 9.17) is 10.00 Å². The lowest BCUT2D eigenvalue weighted by molar-refractivity contribution is -0.124. The fraction of sp³-hybridized carbons (Fsp3) is 0.429. The van der Waals surface area contributed by atoms with Crippen molar-refractivity contribution < 1.29 is 9.53 Å². The van der Waals surface area contributed by atoms with Crippen molar-refractivity contribution in [2.45, 2.75) is 20.3 Å². The summed E-state index contributed by atoms with van der Waals surface area (Å²) in [5, 5.41) is 9.04. The largest absolute Gasteiger partial charge is 0.497 e. The topological polar surface area (TPSA) is 53.3 Å². The van der Waals surface area contributed by atoms with Gasteiger partial charge in [-0.1, -0.05) is 0 Å². The maximum Gasteiger partial charge on any atom is 0.246 e. The Morgan fingerprint density at radius 1 is 1.50 bits per heavy atom. The molecule has 0 atom stereocenters. The van der Waals surface area contributed by atoms with E-state index in [0.717, 1.165) is 23.4 Å². The lowest BCUT2D eigenvalue weighted by atomic mass is 9.94. The van der Waals surface area contributed by atoms with E-state index in [-0.39, 0.29) is 5.91 Å². The second-order valence-electron chi connectivity index (χ2n) is 4.94. The zero-order chi connectivity index (χ0) is 13.3. The molecule has 1 amide bonds. The van der Waals surface area contributed by atoms with Crippen LogP contribution in [0.1, 0.15) is 19.4 Å². The van der Waals surface area contributed by atoms with Crippen molar-refractivity contribution in [2.75, 3.05) is 18.6 Å². The van der Waals surface area contributed by atoms with Gasteiger partial charge in [0.05, 0.1) is 13.2 Å². The quantitative estimate of drug-likeness (QED) is 0.800. The van der Waals surface area contributed by atoms with Gasteiger partial charge in [0, 0.05) is 12.2 Å². The van der Waals surface area contributed by atoms with Crippen molar-refractivity contribution in [3.05, 3.63) is 23.8 Å². The third kappa shape index (κ3) is 1.92. The molecule has 94 valence electrons. The summed E-state index contributed by atoms with van der Waals surface area (Å²) in [6.45, 7) is 3.93. The van der Waals surface area contributed by atoms with Gasteiger partial charge in [-0.25, -0.2) is 0 Å². The number of nitrogens with zero attached hydrogens (tertiary/aromatic N) is 2. The first kappa shape index (κ1) is 12.4. The van der Waals surface area contributed by atoms with Crippen LogP contribution in [0.4, 0.5) is 5.69 Å². The molecule has 4 nitrogen and oxygen atoms in total. The van der Waals surface area contributed by atoms with Gasteiger partial charge in [-0.05, 0) is 44.0 Å². The number of nitriles is 1. The maximum absolute atomic E-state index is 12.3. The van der Waals surface area contributed by atoms with Crippen molar-refractivity contribution in [1.82, 2.24) is 0 Å². The van der Waals surface area contributed by atoms with Crippen molar-refractivity contribution in [2.24, 2.45) is 5.41 Å². The van der Waals surface area contributed by atoms with Crippen LogP contribution in [0.15, 0.2) is 18.2 Å². The molecule has 0 N–H and O–H groups in total. The highest BCUT2D eigenvalue weighted by molar-refractivity contribution is 6.00. The molecule has 0 saturated carbocycles. The molecule has 0 saturated heterocycles. The Morgan fingerprint density at radius 2 is 2.22 bits per heavy atom. The predicted molar refractivity (Wildman–Crippen MR) is 68.4 cm³/mol. The molecule has 2 rings (SSSR count). The van der Waals surface area contributed by atoms with Gasteiger partial charge in [-0.3, -0.25) is 4.79 Å². The molecule has 4 heteroatoms. The minimum absolute atomic E-state index is 0.145. The van der Waals surface area contributed by atoms with E-state index in [1.54, 1.807) is 25.9 Å². The standard InChI is InChI=1S/C14H16N2O2/c1-14(2,9-15)13(17)16-7-6-10-8-11(18-3)4-5-12(10)16/h4-5,8H,6-7H2,1-3H3. The number of ether oxygens (including phenoxy) is 1. The smallest absolute Gasteiger partial charge is 0.246 e. The summed E-state index contributed by atoms with van der Waals surface area (Å²) in [5.41, 5.74) is 1.00. The molecule has 0 spiro atoms. The second-order valence-corrected chi connectivity index (χ2v) is 4.94. The molecular formula is C14H16N2O2. The molecule has 0 radical (unpaired) electrons. The number of rotatable bonds is 2. The summed E-state index contributed by atoms with van der Waals surface area (Å²) in [5.74, 6) is 0.650. The number of amides is 1. The second kappa shape index (κ2) is 4.34. The number of carbonyl (C=O) groups excluding carboxylic acids is 1. The first-order valence-electron chi connectivity index (χ1n) is 5.90. The molecular weight excluding hydrogens is 228 g/mol. The lowest BCUT2D eigenvalue weighted by Crippen LogP contribution is -2.39. The van der Waals surface area contributed by atoms with Gasteiger partial charge in [0.1, 0.15) is 11.2 Å². The van der Waals surface area contributed by atoms with E-state index in [2.05, 4.69) is 6.07 Å². The molecule has 1 heterocycles. The molecule has 1 aromatic carbocycles. The van der Waals surface area contributed by atoms with E-state index in [1.165, 1.54) is 0 Å². The zero-order valence-electron chi connectivity index (χ0n) is 10.9. The number of benzene rings is 1. The van der Waals surface area contributed by atoms with Gasteiger partial charge in [0.15, 0.2) is 0 Å². The molecule has 0 bridgehead atoms. The number of fused-ring (bicyclic) bond motifs is 1. The summed E-state index contributed by atoms with van der Waals surface area (Å²) in [4.78, 5) is 14.0. The molecule has 0 fully saturated rings. The third-order valence-electron chi connectivity index (χ3n) is 3.24. The first-order valence-corrected chi connectivity index (χ1v) is 5.90. The average molecular weight is 244 g/mol. The number of hydrogen-bond acceptors (Lipinski definition) is 3. The molecule has 1 aromatic rings. The molecule has 1 aliphatic heterocycles. The zero-order valence-corrected chi connectivity index (χ0v) is 10.9. The summed E-state index contributed by atoms with van der Waals surface area (Å²) < 4.78 is 5.17. The Bertz CT molecular complexity index is 529. The molecule has 1 aliphatic rings. The van der Waals surface area contributed by atoms with Gasteiger partial charge in [0.2, 0.25) is 5.91 Å². The Balaban J connectivity index is 2.33. The Hall–Kier alpha value is -2.02. The summed E-state index contributed by atoms with van der Waals surface area (Å²) in [6.07, 6.45) is 0.805. The SMILES string of the molecule is COc1ccc2c(c1)CCN2C(=O)C(C)(C)C#N. The van der Waals surface area contributed by atoms with Crippen molar-refractivity contribution in [3.63, 3.8) is 0 Å². The molecule has 0 aromatic heterocycles. The summed E-state index contributed by atoms with van der Waals surface area (Å²) >= 11 is 0. The number of carbonyl (C=O) groups is 1. The van der Waals surface area contributed by atoms with E-state index in [9.17, 15) is 4.79 Å². The fourth-order valence-corrected chi connectivity index (χ4v) is 2.10. The minimum Gasteiger partial charge on any atom is -0.497 e. The minimum atomic E-state index is -0.985. The van der Waals surface area contributed by atoms with Crippen LogP contribution in [0.5, 0.6) is 5.75 Å². The molecule has 18 heavy (non-hydrogen) atoms. The normalized spacial score (nSPS) is 14.0. The maximum atomic E-state index is 12.3. The van der Waals surface area contributed by atoms with E-state index < -0.39 is 5.41 Å². The van der Waals surface area contributed by atoms with Crippen LogP contribution < -0.4 is 9.64 Å². The first-order chi connectivity index (χ1) is 8.49. The number of methoxy groups -OCH3 is 1. The predicted octanol–water partition coefficient (Wildman–Crippen LogP) is 2.13. The highest BCUT2D eigenvalue weighted by Crippen LogP contribution is 2.34. The van der Waals surface area contributed by atoms with Crippen LogP contribution in [-0.2, 0) is 11.2 Å². The van der Waals surface area contributed by atoms with Gasteiger partial charge in [-0.15, -0.1) is 0 Å². The van der Waals surface area contributed by atoms with E-state index in [1.807, 2.05) is 18.2 Å². The number of anilines is 1. The van der Waals surface area contributed by atoms with Crippen molar-refractivity contribution in [1.29, 1.82) is 5.26 Å². The van der Waals surface area contributed by atoms with Crippen LogP contribution in [0, 0.1) is 16.7 Å². The third-order valence-corrected chi connectivity index (χ3v) is 3.24. The molecule has 0 unspecified atom stereocenters. The monoisotopic (exact) mass is 244 g/mol. The van der Waals surface area contributed by atoms with Crippen LogP contribution >= 0.6 is 0 Å². The van der Waals surface area contributed by atoms with Gasteiger partial charge >= 0.3 is 0 Å².